The zero-order chi connectivity index (χ0) is 39.0. The van der Waals surface area contributed by atoms with Crippen molar-refractivity contribution in [3.05, 3.63) is 111 Å². The van der Waals surface area contributed by atoms with Gasteiger partial charge < -0.3 is 46.5 Å². The van der Waals surface area contributed by atoms with Crippen LogP contribution in [0.3, 0.4) is 0 Å². The number of rotatable bonds is 3. The molecule has 1 atom stereocenters. The van der Waals surface area contributed by atoms with Crippen molar-refractivity contribution in [2.75, 3.05) is 66.1 Å². The van der Waals surface area contributed by atoms with Crippen LogP contribution in [0.4, 0.5) is 11.6 Å². The van der Waals surface area contributed by atoms with E-state index in [1.54, 1.807) is 0 Å². The monoisotopic (exact) mass is 1110 g/mol. The van der Waals surface area contributed by atoms with Crippen LogP contribution in [-0.2, 0) is 30.2 Å². The molecule has 17 heteroatoms. The lowest BCUT2D eigenvalue weighted by Crippen LogP contribution is -2.73. The Morgan fingerprint density at radius 3 is 1.90 bits per heavy atom. The number of benzene rings is 4. The summed E-state index contributed by atoms with van der Waals surface area (Å²) in [6.45, 7) is 2.34. The van der Waals surface area contributed by atoms with Gasteiger partial charge >= 0.3 is 6.75 Å². The molecule has 0 saturated carbocycles. The summed E-state index contributed by atoms with van der Waals surface area (Å²) in [5.41, 5.74) is 4.57. The summed E-state index contributed by atoms with van der Waals surface area (Å²) in [7, 11) is 0. The Kier molecular flexibility index (Phi) is 9.86. The predicted octanol–water partition coefficient (Wildman–Crippen LogP) is 6.06. The molecular formula is C41H34BI3N6O7. The SMILES string of the molecule is Ic1ccc2c(c1)C1=Nc3c4cc(I)ccc4c4n3[B@-]3(OCc5ccc6c(c5)OCCOCCOCCOCCOCCO6)n5c(c6cc(I)ccc6c5=N4)=NC2=[N+]13. The van der Waals surface area contributed by atoms with E-state index in [0.717, 1.165) is 83.2 Å². The largest absolute Gasteiger partial charge is 0.518 e. The van der Waals surface area contributed by atoms with Gasteiger partial charge in [0, 0.05) is 38.9 Å². The van der Waals surface area contributed by atoms with Gasteiger partial charge in [-0.1, -0.05) is 16.1 Å². The first kappa shape index (κ1) is 37.5. The van der Waals surface area contributed by atoms with E-state index in [0.29, 0.717) is 77.6 Å². The van der Waals surface area contributed by atoms with Crippen LogP contribution in [0, 0.1) is 10.7 Å². The maximum absolute atomic E-state index is 7.62. The van der Waals surface area contributed by atoms with E-state index in [4.69, 9.17) is 48.1 Å². The summed E-state index contributed by atoms with van der Waals surface area (Å²) in [5.74, 6) is 4.47. The van der Waals surface area contributed by atoms with Gasteiger partial charge in [0.1, 0.15) is 24.5 Å². The topological polar surface area (TPSA) is 115 Å². The maximum Gasteiger partial charge on any atom is 0.513 e. The number of hydrogen-bond acceptors (Lipinski definition) is 10. The quantitative estimate of drug-likeness (QED) is 0.157. The Balaban J connectivity index is 1.06. The number of amidine groups is 2. The zero-order valence-electron chi connectivity index (χ0n) is 31.0. The highest BCUT2D eigenvalue weighted by atomic mass is 127. The van der Waals surface area contributed by atoms with Gasteiger partial charge in [0.15, 0.2) is 22.8 Å². The van der Waals surface area contributed by atoms with Crippen LogP contribution in [0.1, 0.15) is 16.7 Å². The molecule has 0 aliphatic carbocycles. The van der Waals surface area contributed by atoms with Crippen molar-refractivity contribution in [1.82, 2.24) is 8.96 Å². The molecule has 0 fully saturated rings. The number of halogens is 3. The normalized spacial score (nSPS) is 20.2. The Bertz CT molecular complexity index is 2900. The molecule has 6 aromatic rings. The number of ether oxygens (including phenoxy) is 6. The van der Waals surface area contributed by atoms with Crippen molar-refractivity contribution in [2.24, 2.45) is 15.0 Å². The van der Waals surface area contributed by atoms with Crippen molar-refractivity contribution < 1.29 is 37.6 Å². The van der Waals surface area contributed by atoms with E-state index in [-0.39, 0.29) is 6.61 Å². The fourth-order valence-electron chi connectivity index (χ4n) is 8.55. The summed E-state index contributed by atoms with van der Waals surface area (Å²) in [4.78, 5) is 16.4. The van der Waals surface area contributed by atoms with Crippen LogP contribution in [0.15, 0.2) is 87.8 Å². The first-order chi connectivity index (χ1) is 28.5. The van der Waals surface area contributed by atoms with Gasteiger partial charge in [-0.3, -0.25) is 0 Å². The number of nitrogens with zero attached hydrogens (tertiary/aromatic N) is 6. The molecule has 294 valence electrons. The van der Waals surface area contributed by atoms with E-state index in [1.807, 2.05) is 18.2 Å². The molecule has 0 spiro atoms. The van der Waals surface area contributed by atoms with Gasteiger partial charge in [-0.25, -0.2) is 4.99 Å². The van der Waals surface area contributed by atoms with Gasteiger partial charge in [0.05, 0.1) is 64.0 Å². The minimum atomic E-state index is -2.34. The number of fused-ring (bicyclic) bond motifs is 10. The number of hydrogen-bond donors (Lipinski definition) is 0. The molecule has 4 aromatic carbocycles. The van der Waals surface area contributed by atoms with Crippen molar-refractivity contribution in [1.29, 1.82) is 0 Å². The number of aliphatic imine (C=N–C) groups is 1. The fourth-order valence-corrected chi connectivity index (χ4v) is 10.0. The van der Waals surface area contributed by atoms with Crippen molar-refractivity contribution >= 4 is 119 Å². The maximum atomic E-state index is 7.62. The molecule has 0 unspecified atom stereocenters. The average Bonchev–Trinajstić information content (AvgIpc) is 3.84. The Hall–Kier alpha value is -3.45. The summed E-state index contributed by atoms with van der Waals surface area (Å²) in [6, 6.07) is 25.4. The van der Waals surface area contributed by atoms with Crippen LogP contribution in [0.2, 0.25) is 0 Å². The molecule has 0 amide bonds. The van der Waals surface area contributed by atoms with Gasteiger partial charge in [-0.15, -0.1) is 0 Å². The van der Waals surface area contributed by atoms with Crippen molar-refractivity contribution in [3.8, 4) is 11.5 Å². The third-order valence-electron chi connectivity index (χ3n) is 11.0. The summed E-state index contributed by atoms with van der Waals surface area (Å²) >= 11 is 7.13. The van der Waals surface area contributed by atoms with Crippen LogP contribution in [-0.4, -0.2) is 97.9 Å². The highest BCUT2D eigenvalue weighted by molar-refractivity contribution is 14.1. The molecule has 7 heterocycles. The molecule has 0 radical (unpaired) electrons. The second-order valence-corrected chi connectivity index (χ2v) is 18.1. The van der Waals surface area contributed by atoms with Gasteiger partial charge in [0.2, 0.25) is 11.7 Å². The second kappa shape index (κ2) is 15.2. The third-order valence-corrected chi connectivity index (χ3v) is 13.0. The van der Waals surface area contributed by atoms with Crippen LogP contribution < -0.4 is 20.4 Å². The van der Waals surface area contributed by atoms with E-state index in [9.17, 15) is 0 Å². The molecule has 0 saturated heterocycles. The first-order valence-corrected chi connectivity index (χ1v) is 22.4. The Labute approximate surface area is 373 Å². The molecule has 5 aliphatic heterocycles. The second-order valence-electron chi connectivity index (χ2n) is 14.4. The third kappa shape index (κ3) is 6.08. The van der Waals surface area contributed by atoms with E-state index < -0.39 is 6.75 Å². The number of aromatic nitrogens is 2. The Morgan fingerprint density at radius 2 is 1.16 bits per heavy atom. The predicted molar refractivity (Wildman–Crippen MR) is 243 cm³/mol. The van der Waals surface area contributed by atoms with Gasteiger partial charge in [0.25, 0.3) is 0 Å². The summed E-state index contributed by atoms with van der Waals surface area (Å²) in [6.07, 6.45) is 0. The molecule has 5 aliphatic rings. The smallest absolute Gasteiger partial charge is 0.513 e. The average molecular weight is 1110 g/mol. The molecule has 58 heavy (non-hydrogen) atoms. The van der Waals surface area contributed by atoms with Crippen LogP contribution >= 0.6 is 67.8 Å². The van der Waals surface area contributed by atoms with E-state index in [1.165, 1.54) is 0 Å². The molecule has 0 bridgehead atoms. The van der Waals surface area contributed by atoms with Crippen molar-refractivity contribution in [3.63, 3.8) is 0 Å². The molecular weight excluding hydrogens is 1080 g/mol. The minimum absolute atomic E-state index is 0.231. The van der Waals surface area contributed by atoms with Gasteiger partial charge in [-0.05, 0) is 140 Å². The van der Waals surface area contributed by atoms with Crippen molar-refractivity contribution in [2.45, 2.75) is 6.61 Å². The standard InChI is InChI=1S/C41H34BI3N6O7/c43-25-2-5-28-31(20-25)39-47-38-30-7-4-27(45)22-33(30)41-48-40-32-21-26(44)3-6-29(32)37-46-36(28)49(39)42(50(37)40,51(38)41)58-23-24-1-8-34-35(19-24)57-18-16-55-14-12-53-10-9-52-11-13-54-15-17-56-34/h1-8,19-22H,9-18,23H2/t42-/m1/s1. The van der Waals surface area contributed by atoms with Crippen LogP contribution in [0.25, 0.3) is 21.5 Å². The Morgan fingerprint density at radius 1 is 0.552 bits per heavy atom. The van der Waals surface area contributed by atoms with E-state index >= 15 is 0 Å². The van der Waals surface area contributed by atoms with Crippen LogP contribution in [0.5, 0.6) is 11.5 Å². The highest BCUT2D eigenvalue weighted by Crippen LogP contribution is 2.47. The molecule has 13 nitrogen and oxygen atoms in total. The summed E-state index contributed by atoms with van der Waals surface area (Å²) in [5, 5.41) is 4.09. The molecule has 0 N–H and O–H groups in total. The molecule has 2 aromatic heterocycles. The lowest BCUT2D eigenvalue weighted by molar-refractivity contribution is -0.300. The first-order valence-electron chi connectivity index (χ1n) is 19.1. The van der Waals surface area contributed by atoms with Gasteiger partial charge in [-0.2, -0.15) is 0 Å². The highest BCUT2D eigenvalue weighted by Gasteiger charge is 2.58. The lowest BCUT2D eigenvalue weighted by Gasteiger charge is -2.47. The zero-order valence-corrected chi connectivity index (χ0v) is 37.4. The lowest BCUT2D eigenvalue weighted by atomic mass is 9.75. The minimum Gasteiger partial charge on any atom is -0.518 e. The fraction of sp³-hybridized carbons (Fsp3) is 0.268. The summed E-state index contributed by atoms with van der Waals surface area (Å²) < 4.78 is 52.9. The van der Waals surface area contributed by atoms with E-state index in [2.05, 4.69) is 136 Å². The molecule has 11 rings (SSSR count).